The number of anilines is 1. The number of fused-ring (bicyclic) bond motifs is 1. The quantitative estimate of drug-likeness (QED) is 0.596. The molecule has 0 saturated carbocycles. The minimum absolute atomic E-state index is 0.00726. The van der Waals surface area contributed by atoms with Crippen LogP contribution in [0.4, 0.5) is 14.9 Å². The molecule has 2 saturated heterocycles. The van der Waals surface area contributed by atoms with Crippen LogP contribution in [0.3, 0.4) is 0 Å². The molecular formula is C30H38FN5O3. The predicted octanol–water partition coefficient (Wildman–Crippen LogP) is 3.06. The Morgan fingerprint density at radius 3 is 2.36 bits per heavy atom. The van der Waals surface area contributed by atoms with Gasteiger partial charge in [0.25, 0.3) is 0 Å². The summed E-state index contributed by atoms with van der Waals surface area (Å²) in [5.74, 6) is -0.528. The molecule has 4 amide bonds. The smallest absolute Gasteiger partial charge is 0.318 e. The molecule has 2 fully saturated rings. The molecular weight excluding hydrogens is 497 g/mol. The number of nitrogens with one attached hydrogen (secondary N) is 2. The largest absolute Gasteiger partial charge is 0.341 e. The van der Waals surface area contributed by atoms with Gasteiger partial charge in [-0.1, -0.05) is 36.4 Å². The van der Waals surface area contributed by atoms with E-state index in [1.54, 1.807) is 28.0 Å². The van der Waals surface area contributed by atoms with Crippen LogP contribution in [0.25, 0.3) is 0 Å². The molecule has 0 aromatic heterocycles. The highest BCUT2D eigenvalue weighted by Crippen LogP contribution is 2.43. The predicted molar refractivity (Wildman–Crippen MR) is 148 cm³/mol. The number of halogens is 1. The standard InChI is InChI=1S/C30H38FN5O3/c1-30(2)23-9-5-7-11-26(23)36(28(30)38)22-13-16-34(17-14-22)27(37)25(18-20-8-4-6-10-24(20)31)33-29(39)35-15-12-21(19-35)32-3/h4-11,21-22,25,32H,12-19H2,1-3H3,(H,33,39)/t21-,25-/m0/s1. The van der Waals surface area contributed by atoms with Crippen molar-refractivity contribution in [3.05, 3.63) is 65.5 Å². The first-order valence-electron chi connectivity index (χ1n) is 13.9. The van der Waals surface area contributed by atoms with E-state index in [9.17, 15) is 18.8 Å². The van der Waals surface area contributed by atoms with E-state index in [4.69, 9.17) is 0 Å². The maximum atomic E-state index is 14.5. The number of amides is 4. The Hall–Kier alpha value is -3.46. The van der Waals surface area contributed by atoms with Crippen molar-refractivity contribution in [1.29, 1.82) is 0 Å². The molecule has 0 unspecified atom stereocenters. The lowest BCUT2D eigenvalue weighted by Gasteiger charge is -2.39. The molecule has 3 aliphatic rings. The molecule has 2 aromatic rings. The summed E-state index contributed by atoms with van der Waals surface area (Å²) in [6.45, 7) is 6.01. The summed E-state index contributed by atoms with van der Waals surface area (Å²) in [6, 6.07) is 13.3. The van der Waals surface area contributed by atoms with Crippen LogP contribution < -0.4 is 15.5 Å². The van der Waals surface area contributed by atoms with E-state index in [2.05, 4.69) is 10.6 Å². The first kappa shape index (κ1) is 27.1. The summed E-state index contributed by atoms with van der Waals surface area (Å²) in [4.78, 5) is 45.6. The highest BCUT2D eigenvalue weighted by Gasteiger charge is 2.47. The average molecular weight is 536 g/mol. The van der Waals surface area contributed by atoms with Gasteiger partial charge in [0, 0.05) is 50.4 Å². The van der Waals surface area contributed by atoms with E-state index < -0.39 is 17.3 Å². The lowest BCUT2D eigenvalue weighted by molar-refractivity contribution is -0.134. The van der Waals surface area contributed by atoms with Gasteiger partial charge in [-0.05, 0) is 63.4 Å². The van der Waals surface area contributed by atoms with Crippen molar-refractivity contribution >= 4 is 23.5 Å². The number of piperidine rings is 1. The summed E-state index contributed by atoms with van der Waals surface area (Å²) in [7, 11) is 1.87. The number of para-hydroxylation sites is 1. The van der Waals surface area contributed by atoms with Crippen molar-refractivity contribution in [3.8, 4) is 0 Å². The van der Waals surface area contributed by atoms with Crippen LogP contribution in [0, 0.1) is 5.82 Å². The van der Waals surface area contributed by atoms with Gasteiger partial charge in [0.15, 0.2) is 0 Å². The molecule has 0 bridgehead atoms. The minimum Gasteiger partial charge on any atom is -0.341 e. The Labute approximate surface area is 229 Å². The van der Waals surface area contributed by atoms with Gasteiger partial charge in [-0.3, -0.25) is 9.59 Å². The van der Waals surface area contributed by atoms with Crippen molar-refractivity contribution in [3.63, 3.8) is 0 Å². The molecule has 39 heavy (non-hydrogen) atoms. The number of nitrogens with zero attached hydrogens (tertiary/aromatic N) is 3. The topological polar surface area (TPSA) is 85.0 Å². The molecule has 9 heteroatoms. The summed E-state index contributed by atoms with van der Waals surface area (Å²) in [5, 5.41) is 6.10. The molecule has 2 atom stereocenters. The first-order chi connectivity index (χ1) is 18.7. The van der Waals surface area contributed by atoms with E-state index in [0.29, 0.717) is 44.6 Å². The van der Waals surface area contributed by atoms with Gasteiger partial charge in [-0.15, -0.1) is 0 Å². The van der Waals surface area contributed by atoms with Crippen LogP contribution in [0.15, 0.2) is 48.5 Å². The zero-order valence-electron chi connectivity index (χ0n) is 23.0. The van der Waals surface area contributed by atoms with Gasteiger partial charge < -0.3 is 25.3 Å². The molecule has 2 N–H and O–H groups in total. The molecule has 3 aliphatic heterocycles. The Bertz CT molecular complexity index is 1240. The third-order valence-electron chi connectivity index (χ3n) is 8.59. The van der Waals surface area contributed by atoms with E-state index in [1.165, 1.54) is 6.07 Å². The molecule has 8 nitrogen and oxygen atoms in total. The maximum absolute atomic E-state index is 14.5. The SMILES string of the molecule is CN[C@H]1CCN(C(=O)N[C@@H](Cc2ccccc2F)C(=O)N2CCC(N3C(=O)C(C)(C)c4ccccc43)CC2)C1. The van der Waals surface area contributed by atoms with Gasteiger partial charge in [-0.2, -0.15) is 0 Å². The Morgan fingerprint density at radius 1 is 1.00 bits per heavy atom. The fourth-order valence-electron chi connectivity index (χ4n) is 6.17. The second kappa shape index (κ2) is 11.0. The number of hydrogen-bond acceptors (Lipinski definition) is 4. The zero-order chi connectivity index (χ0) is 27.7. The van der Waals surface area contributed by atoms with Crippen LogP contribution in [0.1, 0.15) is 44.2 Å². The Morgan fingerprint density at radius 2 is 1.67 bits per heavy atom. The second-order valence-corrected chi connectivity index (χ2v) is 11.4. The van der Waals surface area contributed by atoms with E-state index in [0.717, 1.165) is 17.7 Å². The lowest BCUT2D eigenvalue weighted by atomic mass is 9.86. The highest BCUT2D eigenvalue weighted by molar-refractivity contribution is 6.08. The fraction of sp³-hybridized carbons (Fsp3) is 0.500. The van der Waals surface area contributed by atoms with Crippen molar-refractivity contribution in [1.82, 2.24) is 20.4 Å². The number of rotatable bonds is 6. The molecule has 0 aliphatic carbocycles. The van der Waals surface area contributed by atoms with E-state index >= 15 is 0 Å². The number of likely N-dealkylation sites (tertiary alicyclic amines) is 2. The minimum atomic E-state index is -0.882. The molecule has 5 rings (SSSR count). The van der Waals surface area contributed by atoms with Crippen molar-refractivity contribution in [2.45, 2.75) is 63.1 Å². The summed E-state index contributed by atoms with van der Waals surface area (Å²) in [6.07, 6.45) is 2.20. The number of benzene rings is 2. The second-order valence-electron chi connectivity index (χ2n) is 11.4. The third kappa shape index (κ3) is 5.24. The van der Waals surface area contributed by atoms with Crippen LogP contribution in [-0.2, 0) is 21.4 Å². The van der Waals surface area contributed by atoms with Gasteiger partial charge in [0.05, 0.1) is 5.41 Å². The lowest BCUT2D eigenvalue weighted by Crippen LogP contribution is -2.56. The van der Waals surface area contributed by atoms with Gasteiger partial charge in [-0.25, -0.2) is 9.18 Å². The van der Waals surface area contributed by atoms with Crippen molar-refractivity contribution in [2.75, 3.05) is 38.1 Å². The van der Waals surface area contributed by atoms with Crippen LogP contribution >= 0.6 is 0 Å². The summed E-state index contributed by atoms with van der Waals surface area (Å²) < 4.78 is 14.5. The highest BCUT2D eigenvalue weighted by atomic mass is 19.1. The van der Waals surface area contributed by atoms with Crippen molar-refractivity contribution < 1.29 is 18.8 Å². The van der Waals surface area contributed by atoms with Gasteiger partial charge in [0.2, 0.25) is 11.8 Å². The maximum Gasteiger partial charge on any atom is 0.318 e. The number of likely N-dealkylation sites (N-methyl/N-ethyl adjacent to an activating group) is 1. The van der Waals surface area contributed by atoms with E-state index in [1.807, 2.05) is 50.1 Å². The molecule has 2 aromatic carbocycles. The van der Waals surface area contributed by atoms with Crippen molar-refractivity contribution in [2.24, 2.45) is 0 Å². The van der Waals surface area contributed by atoms with Crippen LogP contribution in [0.5, 0.6) is 0 Å². The molecule has 0 radical (unpaired) electrons. The zero-order valence-corrected chi connectivity index (χ0v) is 23.0. The van der Waals surface area contributed by atoms with Crippen LogP contribution in [-0.4, -0.2) is 79.0 Å². The molecule has 0 spiro atoms. The average Bonchev–Trinajstić information content (AvgIpc) is 3.50. The Balaban J connectivity index is 1.29. The van der Waals surface area contributed by atoms with Gasteiger partial charge >= 0.3 is 6.03 Å². The molecule has 208 valence electrons. The van der Waals surface area contributed by atoms with E-state index in [-0.39, 0.29) is 36.3 Å². The van der Waals surface area contributed by atoms with Gasteiger partial charge in [0.1, 0.15) is 11.9 Å². The fourth-order valence-corrected chi connectivity index (χ4v) is 6.17. The Kier molecular flexibility index (Phi) is 7.62. The summed E-state index contributed by atoms with van der Waals surface area (Å²) in [5.41, 5.74) is 1.79. The normalized spacial score (nSPS) is 21.7. The number of hydrogen-bond donors (Lipinski definition) is 2. The van der Waals surface area contributed by atoms with Crippen LogP contribution in [0.2, 0.25) is 0 Å². The summed E-state index contributed by atoms with van der Waals surface area (Å²) >= 11 is 0. The number of carbonyl (C=O) groups excluding carboxylic acids is 3. The number of carbonyl (C=O) groups is 3. The monoisotopic (exact) mass is 535 g/mol. The third-order valence-corrected chi connectivity index (χ3v) is 8.59. The number of urea groups is 1. The first-order valence-corrected chi connectivity index (χ1v) is 13.9. The molecule has 3 heterocycles.